The maximum atomic E-state index is 6.06. The lowest BCUT2D eigenvalue weighted by molar-refractivity contribution is 0.261. The van der Waals surface area contributed by atoms with Gasteiger partial charge in [-0.2, -0.15) is 11.3 Å². The fourth-order valence-corrected chi connectivity index (χ4v) is 3.16. The van der Waals surface area contributed by atoms with Crippen LogP contribution in [0, 0.1) is 0 Å². The molecule has 1 aromatic heterocycles. The molecule has 0 saturated heterocycles. The van der Waals surface area contributed by atoms with Crippen LogP contribution in [-0.4, -0.2) is 31.6 Å². The molecule has 0 radical (unpaired) electrons. The zero-order chi connectivity index (χ0) is 15.1. The summed E-state index contributed by atoms with van der Waals surface area (Å²) >= 11 is 7.82. The molecule has 1 atom stereocenters. The zero-order valence-electron chi connectivity index (χ0n) is 12.7. The van der Waals surface area contributed by atoms with Crippen LogP contribution in [0.5, 0.6) is 0 Å². The van der Waals surface area contributed by atoms with Crippen molar-refractivity contribution in [3.8, 4) is 0 Å². The van der Waals surface area contributed by atoms with Crippen LogP contribution in [0.15, 0.2) is 41.1 Å². The van der Waals surface area contributed by atoms with Gasteiger partial charge in [0.1, 0.15) is 0 Å². The third kappa shape index (κ3) is 5.44. The summed E-state index contributed by atoms with van der Waals surface area (Å²) in [5.41, 5.74) is 2.69. The van der Waals surface area contributed by atoms with Crippen molar-refractivity contribution in [2.45, 2.75) is 19.4 Å². The minimum absolute atomic E-state index is 0.377. The second-order valence-corrected chi connectivity index (χ2v) is 6.56. The molecule has 2 aromatic rings. The van der Waals surface area contributed by atoms with Crippen molar-refractivity contribution in [2.24, 2.45) is 0 Å². The van der Waals surface area contributed by atoms with Crippen molar-refractivity contribution in [3.63, 3.8) is 0 Å². The van der Waals surface area contributed by atoms with Gasteiger partial charge in [-0.3, -0.25) is 4.90 Å². The van der Waals surface area contributed by atoms with E-state index in [0.29, 0.717) is 6.04 Å². The second-order valence-electron chi connectivity index (χ2n) is 5.34. The van der Waals surface area contributed by atoms with Gasteiger partial charge in [0, 0.05) is 24.2 Å². The van der Waals surface area contributed by atoms with Crippen molar-refractivity contribution in [1.29, 1.82) is 0 Å². The Balaban J connectivity index is 1.68. The summed E-state index contributed by atoms with van der Waals surface area (Å²) in [6.45, 7) is 5.29. The van der Waals surface area contributed by atoms with Crippen LogP contribution in [0.25, 0.3) is 0 Å². The number of rotatable bonds is 8. The van der Waals surface area contributed by atoms with Crippen molar-refractivity contribution in [3.05, 3.63) is 57.2 Å². The average Bonchev–Trinajstić information content (AvgIpc) is 2.99. The Morgan fingerprint density at radius 3 is 2.86 bits per heavy atom. The van der Waals surface area contributed by atoms with E-state index in [1.54, 1.807) is 11.3 Å². The topological polar surface area (TPSA) is 15.3 Å². The number of nitrogens with zero attached hydrogens (tertiary/aromatic N) is 1. The lowest BCUT2D eigenvalue weighted by Gasteiger charge is -2.25. The van der Waals surface area contributed by atoms with Crippen LogP contribution in [0.2, 0.25) is 5.02 Å². The molecule has 21 heavy (non-hydrogen) atoms. The van der Waals surface area contributed by atoms with Gasteiger partial charge in [0.05, 0.1) is 0 Å². The SMILES string of the molecule is CC(c1cccc(Cl)c1)N(C)CCNCCc1ccsc1. The summed E-state index contributed by atoms with van der Waals surface area (Å²) in [6, 6.07) is 10.7. The second kappa shape index (κ2) is 8.54. The highest BCUT2D eigenvalue weighted by Crippen LogP contribution is 2.21. The van der Waals surface area contributed by atoms with Crippen LogP contribution >= 0.6 is 22.9 Å². The van der Waals surface area contributed by atoms with E-state index in [9.17, 15) is 0 Å². The van der Waals surface area contributed by atoms with E-state index < -0.39 is 0 Å². The van der Waals surface area contributed by atoms with E-state index in [2.05, 4.69) is 47.1 Å². The van der Waals surface area contributed by atoms with Crippen LogP contribution in [0.3, 0.4) is 0 Å². The van der Waals surface area contributed by atoms with Gasteiger partial charge in [0.25, 0.3) is 0 Å². The predicted octanol–water partition coefficient (Wildman–Crippen LogP) is 4.23. The van der Waals surface area contributed by atoms with Gasteiger partial charge < -0.3 is 5.32 Å². The van der Waals surface area contributed by atoms with Gasteiger partial charge in [0.15, 0.2) is 0 Å². The molecule has 2 rings (SSSR count). The molecule has 0 spiro atoms. The van der Waals surface area contributed by atoms with Crippen molar-refractivity contribution in [2.75, 3.05) is 26.7 Å². The smallest absolute Gasteiger partial charge is 0.0409 e. The number of thiophene rings is 1. The van der Waals surface area contributed by atoms with Crippen molar-refractivity contribution in [1.82, 2.24) is 10.2 Å². The summed E-state index contributed by atoms with van der Waals surface area (Å²) in [7, 11) is 2.16. The normalized spacial score (nSPS) is 12.8. The summed E-state index contributed by atoms with van der Waals surface area (Å²) in [4.78, 5) is 2.35. The number of likely N-dealkylation sites (N-methyl/N-ethyl adjacent to an activating group) is 1. The Bertz CT molecular complexity index is 527. The van der Waals surface area contributed by atoms with Crippen LogP contribution < -0.4 is 5.32 Å². The summed E-state index contributed by atoms with van der Waals surface area (Å²) < 4.78 is 0. The third-order valence-corrected chi connectivity index (χ3v) is 4.77. The van der Waals surface area contributed by atoms with Crippen LogP contribution in [0.4, 0.5) is 0 Å². The molecule has 1 unspecified atom stereocenters. The number of benzene rings is 1. The minimum Gasteiger partial charge on any atom is -0.315 e. The minimum atomic E-state index is 0.377. The molecule has 0 bridgehead atoms. The molecular weight excluding hydrogens is 300 g/mol. The number of hydrogen-bond donors (Lipinski definition) is 1. The molecule has 0 saturated carbocycles. The quantitative estimate of drug-likeness (QED) is 0.732. The van der Waals surface area contributed by atoms with Crippen molar-refractivity contribution >= 4 is 22.9 Å². The number of hydrogen-bond acceptors (Lipinski definition) is 3. The standard InChI is InChI=1S/C17H23ClN2S/c1-14(16-4-3-5-17(18)12-16)20(2)10-9-19-8-6-15-7-11-21-13-15/h3-5,7,11-14,19H,6,8-10H2,1-2H3. The molecule has 2 nitrogen and oxygen atoms in total. The highest BCUT2D eigenvalue weighted by Gasteiger charge is 2.11. The molecule has 1 aromatic carbocycles. The molecule has 0 aliphatic carbocycles. The van der Waals surface area contributed by atoms with E-state index in [1.807, 2.05) is 18.2 Å². The van der Waals surface area contributed by atoms with Crippen LogP contribution in [-0.2, 0) is 6.42 Å². The Kier molecular flexibility index (Phi) is 6.71. The molecule has 1 heterocycles. The maximum absolute atomic E-state index is 6.06. The molecule has 0 aliphatic rings. The predicted molar refractivity (Wildman–Crippen MR) is 93.4 cm³/mol. The molecule has 114 valence electrons. The Morgan fingerprint density at radius 2 is 2.14 bits per heavy atom. The zero-order valence-corrected chi connectivity index (χ0v) is 14.3. The van der Waals surface area contributed by atoms with E-state index in [1.165, 1.54) is 11.1 Å². The van der Waals surface area contributed by atoms with Gasteiger partial charge in [-0.1, -0.05) is 23.7 Å². The van der Waals surface area contributed by atoms with Crippen molar-refractivity contribution < 1.29 is 0 Å². The first-order valence-corrected chi connectivity index (χ1v) is 8.66. The monoisotopic (exact) mass is 322 g/mol. The molecular formula is C17H23ClN2S. The molecule has 0 aliphatic heterocycles. The summed E-state index contributed by atoms with van der Waals surface area (Å²) in [5.74, 6) is 0. The van der Waals surface area contributed by atoms with E-state index in [-0.39, 0.29) is 0 Å². The van der Waals surface area contributed by atoms with Gasteiger partial charge in [-0.25, -0.2) is 0 Å². The molecule has 0 fully saturated rings. The molecule has 0 amide bonds. The van der Waals surface area contributed by atoms with E-state index >= 15 is 0 Å². The van der Waals surface area contributed by atoms with Gasteiger partial charge in [-0.15, -0.1) is 0 Å². The maximum Gasteiger partial charge on any atom is 0.0409 e. The molecule has 4 heteroatoms. The fraction of sp³-hybridized carbons (Fsp3) is 0.412. The lowest BCUT2D eigenvalue weighted by Crippen LogP contribution is -2.32. The first kappa shape index (κ1) is 16.5. The average molecular weight is 323 g/mol. The van der Waals surface area contributed by atoms with Crippen LogP contribution in [0.1, 0.15) is 24.1 Å². The van der Waals surface area contributed by atoms with Gasteiger partial charge in [0.2, 0.25) is 0 Å². The highest BCUT2D eigenvalue weighted by atomic mass is 35.5. The third-order valence-electron chi connectivity index (χ3n) is 3.80. The van der Waals surface area contributed by atoms with E-state index in [4.69, 9.17) is 11.6 Å². The first-order valence-electron chi connectivity index (χ1n) is 7.34. The van der Waals surface area contributed by atoms with Gasteiger partial charge >= 0.3 is 0 Å². The summed E-state index contributed by atoms with van der Waals surface area (Å²) in [6.07, 6.45) is 1.11. The fourth-order valence-electron chi connectivity index (χ4n) is 2.26. The van der Waals surface area contributed by atoms with Gasteiger partial charge in [-0.05, 0) is 67.0 Å². The number of halogens is 1. The van der Waals surface area contributed by atoms with E-state index in [0.717, 1.165) is 31.1 Å². The summed E-state index contributed by atoms with van der Waals surface area (Å²) in [5, 5.41) is 8.67. The Labute approximate surface area is 136 Å². The molecule has 1 N–H and O–H groups in total. The highest BCUT2D eigenvalue weighted by molar-refractivity contribution is 7.07. The Hall–Kier alpha value is -0.870. The Morgan fingerprint density at radius 1 is 1.29 bits per heavy atom. The number of nitrogens with one attached hydrogen (secondary N) is 1. The largest absolute Gasteiger partial charge is 0.315 e. The lowest BCUT2D eigenvalue weighted by atomic mass is 10.1. The first-order chi connectivity index (χ1) is 10.2.